The Hall–Kier alpha value is -2.74. The highest BCUT2D eigenvalue weighted by Crippen LogP contribution is 2.44. The lowest BCUT2D eigenvalue weighted by Gasteiger charge is -2.11. The monoisotopic (exact) mass is 372 g/mol. The van der Waals surface area contributed by atoms with Crippen molar-refractivity contribution < 1.29 is 18.7 Å². The first kappa shape index (κ1) is 17.7. The number of hydrogen-bond acceptors (Lipinski definition) is 4. The van der Waals surface area contributed by atoms with Crippen LogP contribution in [0.15, 0.2) is 24.3 Å². The molecule has 2 fully saturated rings. The van der Waals surface area contributed by atoms with Crippen LogP contribution in [0.25, 0.3) is 0 Å². The van der Waals surface area contributed by atoms with Crippen molar-refractivity contribution in [1.29, 1.82) is 0 Å². The molecule has 1 saturated heterocycles. The second-order valence-corrected chi connectivity index (χ2v) is 7.04. The van der Waals surface area contributed by atoms with Gasteiger partial charge in [-0.2, -0.15) is 5.10 Å². The Morgan fingerprint density at radius 2 is 2.04 bits per heavy atom. The lowest BCUT2D eigenvalue weighted by atomic mass is 10.1. The topological polar surface area (TPSA) is 85.3 Å². The van der Waals surface area contributed by atoms with Crippen LogP contribution in [0.1, 0.15) is 32.1 Å². The van der Waals surface area contributed by atoms with Crippen molar-refractivity contribution in [2.24, 2.45) is 11.8 Å². The molecule has 1 aromatic heterocycles. The van der Waals surface area contributed by atoms with Crippen molar-refractivity contribution in [3.63, 3.8) is 0 Å². The van der Waals surface area contributed by atoms with Crippen LogP contribution in [0.2, 0.25) is 0 Å². The van der Waals surface area contributed by atoms with Gasteiger partial charge in [-0.15, -0.1) is 0 Å². The summed E-state index contributed by atoms with van der Waals surface area (Å²) >= 11 is 0. The van der Waals surface area contributed by atoms with Gasteiger partial charge >= 0.3 is 0 Å². The molecule has 8 heteroatoms. The van der Waals surface area contributed by atoms with Crippen LogP contribution in [0.5, 0.6) is 0 Å². The molecule has 2 heterocycles. The molecule has 1 aromatic carbocycles. The number of halogens is 1. The molecular formula is C19H21FN4O3. The van der Waals surface area contributed by atoms with Crippen LogP contribution in [0.4, 0.5) is 4.39 Å². The zero-order valence-corrected chi connectivity index (χ0v) is 15.2. The summed E-state index contributed by atoms with van der Waals surface area (Å²) < 4.78 is 20.7. The number of rotatable bonds is 5. The number of nitrogens with one attached hydrogen (secondary N) is 2. The number of carbonyl (C=O) groups excluding carboxylic acids is 2. The average molecular weight is 372 g/mol. The second kappa shape index (κ2) is 6.77. The minimum atomic E-state index is -0.379. The third kappa shape index (κ3) is 3.21. The van der Waals surface area contributed by atoms with E-state index in [1.54, 1.807) is 19.1 Å². The van der Waals surface area contributed by atoms with E-state index in [9.17, 15) is 14.0 Å². The van der Waals surface area contributed by atoms with Gasteiger partial charge in [0, 0.05) is 31.0 Å². The molecule has 1 aliphatic heterocycles. The van der Waals surface area contributed by atoms with Gasteiger partial charge in [-0.1, -0.05) is 12.1 Å². The summed E-state index contributed by atoms with van der Waals surface area (Å²) in [5.74, 6) is -0.243. The fraction of sp³-hybridized carbons (Fsp3) is 0.421. The van der Waals surface area contributed by atoms with Crippen molar-refractivity contribution in [1.82, 2.24) is 20.4 Å². The van der Waals surface area contributed by atoms with Gasteiger partial charge in [0.05, 0.1) is 19.8 Å². The number of benzene rings is 1. The normalized spacial score (nSPS) is 23.0. The predicted octanol–water partition coefficient (Wildman–Crippen LogP) is 1.11. The molecule has 4 rings (SSSR count). The highest BCUT2D eigenvalue weighted by Gasteiger charge is 2.54. The Balaban J connectivity index is 1.61. The molecule has 1 aliphatic carbocycles. The largest absolute Gasteiger partial charge is 0.381 e. The van der Waals surface area contributed by atoms with E-state index in [1.807, 2.05) is 0 Å². The van der Waals surface area contributed by atoms with E-state index in [4.69, 9.17) is 4.74 Å². The molecule has 142 valence electrons. The number of ether oxygens (including phenoxy) is 1. The SMILES string of the molecule is CNC(=O)c1cc(C(=O)NC2C3COCC32)n(Cc2cccc(F)c2C)n1. The van der Waals surface area contributed by atoms with Crippen LogP contribution < -0.4 is 10.6 Å². The fourth-order valence-electron chi connectivity index (χ4n) is 3.62. The first-order valence-corrected chi connectivity index (χ1v) is 8.92. The van der Waals surface area contributed by atoms with Gasteiger partial charge in [0.25, 0.3) is 11.8 Å². The molecule has 0 spiro atoms. The van der Waals surface area contributed by atoms with Crippen molar-refractivity contribution in [3.05, 3.63) is 52.6 Å². The molecule has 2 N–H and O–H groups in total. The van der Waals surface area contributed by atoms with Crippen molar-refractivity contribution in [3.8, 4) is 0 Å². The maximum atomic E-state index is 13.9. The van der Waals surface area contributed by atoms with E-state index >= 15 is 0 Å². The van der Waals surface area contributed by atoms with E-state index in [0.717, 1.165) is 0 Å². The van der Waals surface area contributed by atoms with Crippen molar-refractivity contribution in [2.75, 3.05) is 20.3 Å². The number of aromatic nitrogens is 2. The van der Waals surface area contributed by atoms with Crippen LogP contribution in [0, 0.1) is 24.6 Å². The minimum Gasteiger partial charge on any atom is -0.381 e. The molecule has 2 atom stereocenters. The molecule has 7 nitrogen and oxygen atoms in total. The molecule has 2 aliphatic rings. The Morgan fingerprint density at radius 1 is 1.30 bits per heavy atom. The Bertz CT molecular complexity index is 900. The van der Waals surface area contributed by atoms with Gasteiger partial charge in [0.2, 0.25) is 0 Å². The molecule has 1 saturated carbocycles. The summed E-state index contributed by atoms with van der Waals surface area (Å²) in [6.45, 7) is 3.21. The highest BCUT2D eigenvalue weighted by atomic mass is 19.1. The quantitative estimate of drug-likeness (QED) is 0.824. The smallest absolute Gasteiger partial charge is 0.271 e. The molecule has 2 aromatic rings. The third-order valence-corrected chi connectivity index (χ3v) is 5.42. The van der Waals surface area contributed by atoms with E-state index in [-0.39, 0.29) is 41.6 Å². The van der Waals surface area contributed by atoms with Gasteiger partial charge in [0.15, 0.2) is 5.69 Å². The van der Waals surface area contributed by atoms with Gasteiger partial charge in [-0.3, -0.25) is 14.3 Å². The zero-order valence-electron chi connectivity index (χ0n) is 15.2. The van der Waals surface area contributed by atoms with Crippen LogP contribution in [-0.2, 0) is 11.3 Å². The summed E-state index contributed by atoms with van der Waals surface area (Å²) in [5.41, 5.74) is 1.63. The lowest BCUT2D eigenvalue weighted by molar-refractivity contribution is 0.0917. The molecule has 0 radical (unpaired) electrons. The fourth-order valence-corrected chi connectivity index (χ4v) is 3.62. The number of carbonyl (C=O) groups is 2. The second-order valence-electron chi connectivity index (χ2n) is 7.04. The van der Waals surface area contributed by atoms with E-state index in [1.165, 1.54) is 23.9 Å². The molecule has 27 heavy (non-hydrogen) atoms. The first-order valence-electron chi connectivity index (χ1n) is 8.92. The average Bonchev–Trinajstić information content (AvgIpc) is 3.05. The van der Waals surface area contributed by atoms with Gasteiger partial charge in [-0.25, -0.2) is 4.39 Å². The maximum absolute atomic E-state index is 13.9. The third-order valence-electron chi connectivity index (χ3n) is 5.42. The molecule has 2 amide bonds. The molecular weight excluding hydrogens is 351 g/mol. The summed E-state index contributed by atoms with van der Waals surface area (Å²) in [5, 5.41) is 9.78. The lowest BCUT2D eigenvalue weighted by Crippen LogP contribution is -2.31. The van der Waals surface area contributed by atoms with Gasteiger partial charge in [-0.05, 0) is 24.1 Å². The number of amides is 2. The summed E-state index contributed by atoms with van der Waals surface area (Å²) in [7, 11) is 1.50. The first-order chi connectivity index (χ1) is 13.0. The zero-order chi connectivity index (χ0) is 19.1. The van der Waals surface area contributed by atoms with E-state index < -0.39 is 0 Å². The minimum absolute atomic E-state index is 0.106. The van der Waals surface area contributed by atoms with Gasteiger partial charge in [0.1, 0.15) is 11.5 Å². The Labute approximate surface area is 155 Å². The van der Waals surface area contributed by atoms with E-state index in [0.29, 0.717) is 36.2 Å². The van der Waals surface area contributed by atoms with Gasteiger partial charge < -0.3 is 15.4 Å². The Morgan fingerprint density at radius 3 is 2.74 bits per heavy atom. The van der Waals surface area contributed by atoms with Crippen LogP contribution in [-0.4, -0.2) is 47.9 Å². The molecule has 2 unspecified atom stereocenters. The predicted molar refractivity (Wildman–Crippen MR) is 94.9 cm³/mol. The maximum Gasteiger partial charge on any atom is 0.271 e. The standard InChI is InChI=1S/C19H21FN4O3/c1-10-11(4-3-5-14(10)20)7-24-16(6-15(23-24)18(25)21-2)19(26)22-17-12-8-27-9-13(12)17/h3-6,12-13,17H,7-9H2,1-2H3,(H,21,25)(H,22,26). The van der Waals surface area contributed by atoms with Crippen LogP contribution in [0.3, 0.4) is 0 Å². The summed E-state index contributed by atoms with van der Waals surface area (Å²) in [6, 6.07) is 6.36. The Kier molecular flexibility index (Phi) is 4.43. The van der Waals surface area contributed by atoms with Crippen LogP contribution >= 0.6 is 0 Å². The summed E-state index contributed by atoms with van der Waals surface area (Å²) in [4.78, 5) is 24.8. The van der Waals surface area contributed by atoms with E-state index in [2.05, 4.69) is 15.7 Å². The number of hydrogen-bond donors (Lipinski definition) is 2. The number of nitrogens with zero attached hydrogens (tertiary/aromatic N) is 2. The van der Waals surface area contributed by atoms with Crippen molar-refractivity contribution >= 4 is 11.8 Å². The molecule has 0 bridgehead atoms. The number of fused-ring (bicyclic) bond motifs is 1. The highest BCUT2D eigenvalue weighted by molar-refractivity contribution is 5.98. The van der Waals surface area contributed by atoms with Crippen molar-refractivity contribution in [2.45, 2.75) is 19.5 Å². The summed E-state index contributed by atoms with van der Waals surface area (Å²) in [6.07, 6.45) is 0.